The number of nitrogens with zero attached hydrogens (tertiary/aromatic N) is 2. The summed E-state index contributed by atoms with van der Waals surface area (Å²) in [5, 5.41) is 13.6. The van der Waals surface area contributed by atoms with Crippen LogP contribution in [0.25, 0.3) is 0 Å². The first-order valence-electron chi connectivity index (χ1n) is 12.9. The second-order valence-corrected chi connectivity index (χ2v) is 10.4. The Morgan fingerprint density at radius 3 is 1.90 bits per heavy atom. The maximum atomic E-state index is 13.8. The Labute approximate surface area is 229 Å². The number of carbonyl (C=O) groups is 4. The number of hydrogen-bond donors (Lipinski definition) is 1. The van der Waals surface area contributed by atoms with Crippen molar-refractivity contribution in [3.63, 3.8) is 0 Å². The number of aryl methyl sites for hydroxylation is 1. The van der Waals surface area contributed by atoms with Crippen LogP contribution in [0.5, 0.6) is 0 Å². The van der Waals surface area contributed by atoms with Crippen LogP contribution in [0.1, 0.15) is 46.6 Å². The summed E-state index contributed by atoms with van der Waals surface area (Å²) in [6.45, 7) is 2.31. The Morgan fingerprint density at radius 1 is 0.925 bits per heavy atom. The molecule has 0 spiro atoms. The molecule has 0 saturated carbocycles. The van der Waals surface area contributed by atoms with Gasteiger partial charge in [-0.3, -0.25) is 29.4 Å². The zero-order valence-corrected chi connectivity index (χ0v) is 21.7. The molecule has 0 unspecified atom stereocenters. The molecule has 202 valence electrons. The third-order valence-corrected chi connectivity index (χ3v) is 8.25. The molecule has 1 aliphatic heterocycles. The molecular formula is C30H25N3O7. The number of benzene rings is 3. The maximum absolute atomic E-state index is 13.8. The molecule has 3 aromatic carbocycles. The molecule has 3 atom stereocenters. The number of nitrogens with one attached hydrogen (secondary N) is 1. The van der Waals surface area contributed by atoms with Crippen LogP contribution in [-0.2, 0) is 23.9 Å². The third-order valence-electron chi connectivity index (χ3n) is 8.25. The second-order valence-electron chi connectivity index (χ2n) is 10.4. The van der Waals surface area contributed by atoms with E-state index in [1.54, 1.807) is 6.92 Å². The van der Waals surface area contributed by atoms with E-state index in [1.807, 2.05) is 48.5 Å². The Morgan fingerprint density at radius 2 is 1.43 bits per heavy atom. The second kappa shape index (κ2) is 9.41. The summed E-state index contributed by atoms with van der Waals surface area (Å²) in [4.78, 5) is 64.5. The molecule has 0 radical (unpaired) electrons. The number of carbonyl (C=O) groups excluding carboxylic acids is 4. The van der Waals surface area contributed by atoms with E-state index in [2.05, 4.69) is 5.32 Å². The maximum Gasteiger partial charge on any atom is 0.329 e. The summed E-state index contributed by atoms with van der Waals surface area (Å²) in [6.07, 6.45) is 0. The number of hydrogen-bond acceptors (Lipinski definition) is 7. The Hall–Kier alpha value is -4.86. The number of imide groups is 1. The first-order valence-corrected chi connectivity index (χ1v) is 12.9. The molecule has 0 aromatic heterocycles. The van der Waals surface area contributed by atoms with Crippen molar-refractivity contribution in [2.24, 2.45) is 11.8 Å². The lowest BCUT2D eigenvalue weighted by Crippen LogP contribution is -2.45. The predicted molar refractivity (Wildman–Crippen MR) is 142 cm³/mol. The summed E-state index contributed by atoms with van der Waals surface area (Å²) < 4.78 is 5.16. The van der Waals surface area contributed by atoms with Crippen molar-refractivity contribution in [1.29, 1.82) is 0 Å². The third kappa shape index (κ3) is 3.78. The topological polar surface area (TPSA) is 136 Å². The zero-order valence-electron chi connectivity index (χ0n) is 21.7. The molecule has 2 bridgehead atoms. The first-order chi connectivity index (χ1) is 19.2. The van der Waals surface area contributed by atoms with Crippen molar-refractivity contribution in [3.8, 4) is 0 Å². The van der Waals surface area contributed by atoms with E-state index in [9.17, 15) is 29.3 Å². The highest BCUT2D eigenvalue weighted by molar-refractivity contribution is 6.10. The van der Waals surface area contributed by atoms with Gasteiger partial charge in [0.05, 0.1) is 16.8 Å². The predicted octanol–water partition coefficient (Wildman–Crippen LogP) is 3.67. The first kappa shape index (κ1) is 25.4. The van der Waals surface area contributed by atoms with E-state index >= 15 is 0 Å². The fraction of sp³-hybridized carbons (Fsp3) is 0.267. The minimum atomic E-state index is -1.23. The quantitative estimate of drug-likeness (QED) is 0.218. The summed E-state index contributed by atoms with van der Waals surface area (Å²) in [6, 6.07) is 18.7. The van der Waals surface area contributed by atoms with E-state index in [1.165, 1.54) is 25.1 Å². The Balaban J connectivity index is 1.18. The molecular weight excluding hydrogens is 514 g/mol. The molecule has 10 nitrogen and oxygen atoms in total. The molecule has 3 aliphatic carbocycles. The number of amides is 3. The Bertz CT molecular complexity index is 1500. The minimum Gasteiger partial charge on any atom is -0.454 e. The van der Waals surface area contributed by atoms with Crippen LogP contribution in [-0.4, -0.2) is 46.2 Å². The van der Waals surface area contributed by atoms with Crippen molar-refractivity contribution in [1.82, 2.24) is 4.90 Å². The number of rotatable bonds is 6. The fourth-order valence-electron chi connectivity index (χ4n) is 6.53. The van der Waals surface area contributed by atoms with Crippen molar-refractivity contribution < 1.29 is 28.8 Å². The number of anilines is 1. The van der Waals surface area contributed by atoms with Crippen LogP contribution in [0.2, 0.25) is 0 Å². The lowest BCUT2D eigenvalue weighted by molar-refractivity contribution is -0.385. The SMILES string of the molecule is Cc1ccc(NC(=O)COC(=O)[C@H](C)N2C(=O)[C@@H]3C4c5ccccc5C(c5ccccc54)[C@@H]3C2=O)cc1[N+](=O)[O-]. The van der Waals surface area contributed by atoms with Gasteiger partial charge in [-0.2, -0.15) is 0 Å². The summed E-state index contributed by atoms with van der Waals surface area (Å²) >= 11 is 0. The molecule has 40 heavy (non-hydrogen) atoms. The lowest BCUT2D eigenvalue weighted by atomic mass is 9.55. The van der Waals surface area contributed by atoms with Gasteiger partial charge in [0, 0.05) is 29.2 Å². The number of esters is 1. The van der Waals surface area contributed by atoms with Crippen LogP contribution in [0.15, 0.2) is 66.7 Å². The van der Waals surface area contributed by atoms with Gasteiger partial charge in [-0.25, -0.2) is 4.79 Å². The zero-order chi connectivity index (χ0) is 28.3. The van der Waals surface area contributed by atoms with Crippen LogP contribution in [0.4, 0.5) is 11.4 Å². The highest BCUT2D eigenvalue weighted by Gasteiger charge is 2.62. The van der Waals surface area contributed by atoms with Gasteiger partial charge in [0.1, 0.15) is 6.04 Å². The van der Waals surface area contributed by atoms with E-state index in [0.29, 0.717) is 5.56 Å². The normalized spacial score (nSPS) is 22.7. The lowest BCUT2D eigenvalue weighted by Gasteiger charge is -2.45. The smallest absolute Gasteiger partial charge is 0.329 e. The largest absolute Gasteiger partial charge is 0.454 e. The van der Waals surface area contributed by atoms with Crippen LogP contribution < -0.4 is 5.32 Å². The van der Waals surface area contributed by atoms with Crippen molar-refractivity contribution in [2.75, 3.05) is 11.9 Å². The van der Waals surface area contributed by atoms with Gasteiger partial charge in [0.25, 0.3) is 11.6 Å². The van der Waals surface area contributed by atoms with Crippen LogP contribution in [0.3, 0.4) is 0 Å². The van der Waals surface area contributed by atoms with Crippen LogP contribution in [0, 0.1) is 28.9 Å². The molecule has 7 rings (SSSR count). The Kier molecular flexibility index (Phi) is 5.98. The van der Waals surface area contributed by atoms with Gasteiger partial charge < -0.3 is 10.1 Å². The van der Waals surface area contributed by atoms with Gasteiger partial charge in [-0.15, -0.1) is 0 Å². The molecule has 3 amide bonds. The summed E-state index contributed by atoms with van der Waals surface area (Å²) in [7, 11) is 0. The van der Waals surface area contributed by atoms with Gasteiger partial charge >= 0.3 is 5.97 Å². The average Bonchev–Trinajstić information content (AvgIpc) is 3.22. The molecule has 10 heteroatoms. The molecule has 4 aliphatic rings. The molecule has 1 fully saturated rings. The monoisotopic (exact) mass is 539 g/mol. The van der Waals surface area contributed by atoms with Gasteiger partial charge in [0.2, 0.25) is 11.8 Å². The van der Waals surface area contributed by atoms with E-state index in [0.717, 1.165) is 27.2 Å². The molecule has 1 N–H and O–H groups in total. The van der Waals surface area contributed by atoms with E-state index in [4.69, 9.17) is 4.74 Å². The number of nitro groups is 1. The number of likely N-dealkylation sites (tertiary alicyclic amines) is 1. The average molecular weight is 540 g/mol. The highest BCUT2D eigenvalue weighted by Crippen LogP contribution is 2.61. The molecule has 1 heterocycles. The van der Waals surface area contributed by atoms with Crippen LogP contribution >= 0.6 is 0 Å². The molecule has 1 saturated heterocycles. The van der Waals surface area contributed by atoms with Gasteiger partial charge in [-0.05, 0) is 42.2 Å². The van der Waals surface area contributed by atoms with Gasteiger partial charge in [0.15, 0.2) is 6.61 Å². The number of ether oxygens (including phenoxy) is 1. The van der Waals surface area contributed by atoms with Crippen molar-refractivity contribution in [2.45, 2.75) is 31.7 Å². The summed E-state index contributed by atoms with van der Waals surface area (Å²) in [5.41, 5.74) is 4.56. The van der Waals surface area contributed by atoms with Crippen molar-refractivity contribution >= 4 is 35.1 Å². The van der Waals surface area contributed by atoms with E-state index < -0.39 is 53.1 Å². The highest BCUT2D eigenvalue weighted by atomic mass is 16.6. The standard InChI is InChI=1S/C30H25N3O7/c1-15-11-12-17(13-22(15)33(38)39)31-23(34)14-40-30(37)16(2)32-28(35)26-24-18-7-3-4-8-19(18)25(27(26)29(32)36)21-10-6-5-9-20(21)24/h3-13,16,24-27H,14H2,1-2H3,(H,31,34)/t16-,24?,25?,26-,27+/m0/s1. The number of nitro benzene ring substituents is 1. The summed E-state index contributed by atoms with van der Waals surface area (Å²) in [5.74, 6) is -4.29. The minimum absolute atomic E-state index is 0.158. The van der Waals surface area contributed by atoms with E-state index in [-0.39, 0.29) is 23.2 Å². The molecule has 3 aromatic rings. The fourth-order valence-corrected chi connectivity index (χ4v) is 6.53. The van der Waals surface area contributed by atoms with Crippen molar-refractivity contribution in [3.05, 3.63) is 105 Å². The van der Waals surface area contributed by atoms with Gasteiger partial charge in [-0.1, -0.05) is 54.6 Å².